The maximum Gasteiger partial charge on any atom is 0.0778 e. The Morgan fingerprint density at radius 3 is 2.73 bits per heavy atom. The summed E-state index contributed by atoms with van der Waals surface area (Å²) in [7, 11) is 0. The summed E-state index contributed by atoms with van der Waals surface area (Å²) in [6.45, 7) is 5.51. The SMILES string of the molecule is CC1(OCCCCCCO)CCCNC1. The number of hydrogen-bond acceptors (Lipinski definition) is 3. The molecule has 0 aromatic heterocycles. The van der Waals surface area contributed by atoms with Gasteiger partial charge in [0.15, 0.2) is 0 Å². The zero-order chi connectivity index (χ0) is 11.0. The molecule has 1 aliphatic heterocycles. The van der Waals surface area contributed by atoms with E-state index in [0.717, 1.165) is 39.0 Å². The molecule has 1 atom stereocenters. The van der Waals surface area contributed by atoms with Gasteiger partial charge in [0.2, 0.25) is 0 Å². The standard InChI is InChI=1S/C12H25NO2/c1-12(7-6-8-13-11-12)15-10-5-3-2-4-9-14/h13-14H,2-11H2,1H3. The van der Waals surface area contributed by atoms with E-state index in [4.69, 9.17) is 9.84 Å². The second kappa shape index (κ2) is 7.20. The molecule has 2 N–H and O–H groups in total. The molecule has 0 aromatic carbocycles. The van der Waals surface area contributed by atoms with Crippen LogP contribution in [0.3, 0.4) is 0 Å². The molecule has 0 saturated carbocycles. The summed E-state index contributed by atoms with van der Waals surface area (Å²) >= 11 is 0. The van der Waals surface area contributed by atoms with E-state index in [1.165, 1.54) is 19.3 Å². The van der Waals surface area contributed by atoms with E-state index in [2.05, 4.69) is 12.2 Å². The van der Waals surface area contributed by atoms with Crippen LogP contribution in [0.1, 0.15) is 45.4 Å². The van der Waals surface area contributed by atoms with Crippen LogP contribution in [0.15, 0.2) is 0 Å². The second-order valence-electron chi connectivity index (χ2n) is 4.72. The van der Waals surface area contributed by atoms with Crippen LogP contribution in [-0.2, 0) is 4.74 Å². The van der Waals surface area contributed by atoms with Crippen LogP contribution in [0.2, 0.25) is 0 Å². The van der Waals surface area contributed by atoms with Crippen molar-refractivity contribution >= 4 is 0 Å². The summed E-state index contributed by atoms with van der Waals surface area (Å²) in [6.07, 6.45) is 6.74. The van der Waals surface area contributed by atoms with Gasteiger partial charge < -0.3 is 15.2 Å². The number of aliphatic hydroxyl groups is 1. The van der Waals surface area contributed by atoms with E-state index < -0.39 is 0 Å². The van der Waals surface area contributed by atoms with Crippen LogP contribution in [0.25, 0.3) is 0 Å². The van der Waals surface area contributed by atoms with Crippen LogP contribution in [0.5, 0.6) is 0 Å². The number of unbranched alkanes of at least 4 members (excludes halogenated alkanes) is 3. The van der Waals surface area contributed by atoms with Gasteiger partial charge in [0, 0.05) is 19.8 Å². The van der Waals surface area contributed by atoms with Crippen molar-refractivity contribution in [3.8, 4) is 0 Å². The van der Waals surface area contributed by atoms with Crippen molar-refractivity contribution in [1.29, 1.82) is 0 Å². The third-order valence-electron chi connectivity index (χ3n) is 3.06. The smallest absolute Gasteiger partial charge is 0.0778 e. The molecule has 1 fully saturated rings. The van der Waals surface area contributed by atoms with Gasteiger partial charge in [0.25, 0.3) is 0 Å². The van der Waals surface area contributed by atoms with E-state index in [9.17, 15) is 0 Å². The van der Waals surface area contributed by atoms with Crippen LogP contribution in [0, 0.1) is 0 Å². The lowest BCUT2D eigenvalue weighted by Crippen LogP contribution is -2.45. The van der Waals surface area contributed by atoms with Crippen molar-refractivity contribution in [1.82, 2.24) is 5.32 Å². The van der Waals surface area contributed by atoms with Gasteiger partial charge in [0.05, 0.1) is 5.60 Å². The Balaban J connectivity index is 1.98. The summed E-state index contributed by atoms with van der Waals surface area (Å²) in [5.41, 5.74) is 0.0647. The Kier molecular flexibility index (Phi) is 6.22. The maximum absolute atomic E-state index is 8.63. The average Bonchev–Trinajstić information content (AvgIpc) is 2.24. The normalized spacial score (nSPS) is 26.8. The highest BCUT2D eigenvalue weighted by atomic mass is 16.5. The van der Waals surface area contributed by atoms with E-state index >= 15 is 0 Å². The van der Waals surface area contributed by atoms with E-state index in [1.54, 1.807) is 0 Å². The molecule has 3 nitrogen and oxygen atoms in total. The first-order chi connectivity index (χ1) is 7.27. The second-order valence-corrected chi connectivity index (χ2v) is 4.72. The lowest BCUT2D eigenvalue weighted by Gasteiger charge is -2.34. The molecule has 1 saturated heterocycles. The summed E-state index contributed by atoms with van der Waals surface area (Å²) in [5, 5.41) is 12.0. The fourth-order valence-electron chi connectivity index (χ4n) is 2.04. The van der Waals surface area contributed by atoms with E-state index in [0.29, 0.717) is 6.61 Å². The third kappa shape index (κ3) is 5.50. The Hall–Kier alpha value is -0.120. The minimum atomic E-state index is 0.0647. The predicted molar refractivity (Wildman–Crippen MR) is 62.0 cm³/mol. The van der Waals surface area contributed by atoms with Crippen molar-refractivity contribution in [3.05, 3.63) is 0 Å². The van der Waals surface area contributed by atoms with Crippen LogP contribution in [-0.4, -0.2) is 37.0 Å². The number of aliphatic hydroxyl groups excluding tert-OH is 1. The number of rotatable bonds is 7. The summed E-state index contributed by atoms with van der Waals surface area (Å²) < 4.78 is 5.93. The van der Waals surface area contributed by atoms with Gasteiger partial charge in [0.1, 0.15) is 0 Å². The van der Waals surface area contributed by atoms with Crippen LogP contribution in [0.4, 0.5) is 0 Å². The Morgan fingerprint density at radius 1 is 1.27 bits per heavy atom. The van der Waals surface area contributed by atoms with Gasteiger partial charge in [-0.25, -0.2) is 0 Å². The average molecular weight is 215 g/mol. The molecule has 0 aromatic rings. The molecule has 3 heteroatoms. The fourth-order valence-corrected chi connectivity index (χ4v) is 2.04. The van der Waals surface area contributed by atoms with Gasteiger partial charge in [-0.2, -0.15) is 0 Å². The molecule has 15 heavy (non-hydrogen) atoms. The van der Waals surface area contributed by atoms with Gasteiger partial charge in [-0.1, -0.05) is 12.8 Å². The molecular weight excluding hydrogens is 190 g/mol. The van der Waals surface area contributed by atoms with Crippen molar-refractivity contribution < 1.29 is 9.84 Å². The quantitative estimate of drug-likeness (QED) is 0.635. The number of nitrogens with one attached hydrogen (secondary N) is 1. The Labute approximate surface area is 93.2 Å². The molecule has 1 unspecified atom stereocenters. The number of hydrogen-bond donors (Lipinski definition) is 2. The van der Waals surface area contributed by atoms with Crippen molar-refractivity contribution in [2.24, 2.45) is 0 Å². The minimum Gasteiger partial charge on any atom is -0.396 e. The van der Waals surface area contributed by atoms with Gasteiger partial charge in [-0.05, 0) is 39.2 Å². The molecule has 0 aliphatic carbocycles. The van der Waals surface area contributed by atoms with E-state index in [1.807, 2.05) is 0 Å². The maximum atomic E-state index is 8.63. The molecule has 0 radical (unpaired) electrons. The summed E-state index contributed by atoms with van der Waals surface area (Å²) in [5.74, 6) is 0. The summed E-state index contributed by atoms with van der Waals surface area (Å²) in [4.78, 5) is 0. The highest BCUT2D eigenvalue weighted by Crippen LogP contribution is 2.20. The lowest BCUT2D eigenvalue weighted by molar-refractivity contribution is -0.0479. The molecule has 0 spiro atoms. The molecule has 0 bridgehead atoms. The molecule has 1 rings (SSSR count). The minimum absolute atomic E-state index is 0.0647. The predicted octanol–water partition coefficient (Wildman–Crippen LogP) is 1.70. The van der Waals surface area contributed by atoms with Crippen molar-refractivity contribution in [3.63, 3.8) is 0 Å². The summed E-state index contributed by atoms with van der Waals surface area (Å²) in [6, 6.07) is 0. The Morgan fingerprint density at radius 2 is 2.07 bits per heavy atom. The highest BCUT2D eigenvalue weighted by molar-refractivity contribution is 4.82. The number of ether oxygens (including phenoxy) is 1. The first-order valence-corrected chi connectivity index (χ1v) is 6.22. The number of piperidine rings is 1. The van der Waals surface area contributed by atoms with Crippen molar-refractivity contribution in [2.75, 3.05) is 26.3 Å². The highest BCUT2D eigenvalue weighted by Gasteiger charge is 2.26. The monoisotopic (exact) mass is 215 g/mol. The van der Waals surface area contributed by atoms with Gasteiger partial charge in [-0.15, -0.1) is 0 Å². The molecule has 1 heterocycles. The van der Waals surface area contributed by atoms with E-state index in [-0.39, 0.29) is 5.60 Å². The zero-order valence-corrected chi connectivity index (χ0v) is 9.93. The topological polar surface area (TPSA) is 41.5 Å². The van der Waals surface area contributed by atoms with Crippen LogP contribution >= 0.6 is 0 Å². The molecule has 90 valence electrons. The first kappa shape index (κ1) is 12.9. The largest absolute Gasteiger partial charge is 0.396 e. The lowest BCUT2D eigenvalue weighted by atomic mass is 9.96. The van der Waals surface area contributed by atoms with Gasteiger partial charge >= 0.3 is 0 Å². The first-order valence-electron chi connectivity index (χ1n) is 6.22. The Bertz CT molecular complexity index is 156. The fraction of sp³-hybridized carbons (Fsp3) is 1.00. The molecule has 1 aliphatic rings. The van der Waals surface area contributed by atoms with Crippen molar-refractivity contribution in [2.45, 2.75) is 51.0 Å². The molecular formula is C12H25NO2. The van der Waals surface area contributed by atoms with Crippen LogP contribution < -0.4 is 5.32 Å². The third-order valence-corrected chi connectivity index (χ3v) is 3.06. The molecule has 0 amide bonds. The van der Waals surface area contributed by atoms with Gasteiger partial charge in [-0.3, -0.25) is 0 Å². The zero-order valence-electron chi connectivity index (χ0n) is 9.93.